The second kappa shape index (κ2) is 5.24. The Morgan fingerprint density at radius 1 is 1.11 bits per heavy atom. The van der Waals surface area contributed by atoms with Gasteiger partial charge in [-0.25, -0.2) is 12.8 Å². The second-order valence-electron chi connectivity index (χ2n) is 4.51. The zero-order chi connectivity index (χ0) is 13.2. The highest BCUT2D eigenvalue weighted by Crippen LogP contribution is 2.24. The van der Waals surface area contributed by atoms with Crippen molar-refractivity contribution in [3.63, 3.8) is 0 Å². The van der Waals surface area contributed by atoms with Crippen LogP contribution in [0.25, 0.3) is 0 Å². The third-order valence-electron chi connectivity index (χ3n) is 3.14. The van der Waals surface area contributed by atoms with E-state index in [4.69, 9.17) is 5.73 Å². The van der Waals surface area contributed by atoms with Crippen LogP contribution in [0.3, 0.4) is 0 Å². The Morgan fingerprint density at radius 3 is 2.33 bits per heavy atom. The smallest absolute Gasteiger partial charge is 0.246 e. The molecule has 4 nitrogen and oxygen atoms in total. The third kappa shape index (κ3) is 2.64. The predicted octanol–water partition coefficient (Wildman–Crippen LogP) is 1.97. The summed E-state index contributed by atoms with van der Waals surface area (Å²) >= 11 is 0. The number of sulfonamides is 1. The quantitative estimate of drug-likeness (QED) is 0.837. The Hall–Kier alpha value is -1.14. The average molecular weight is 272 g/mol. The zero-order valence-corrected chi connectivity index (χ0v) is 10.9. The van der Waals surface area contributed by atoms with Gasteiger partial charge in [-0.15, -0.1) is 0 Å². The highest BCUT2D eigenvalue weighted by molar-refractivity contribution is 7.89. The van der Waals surface area contributed by atoms with Crippen molar-refractivity contribution in [1.82, 2.24) is 4.31 Å². The molecule has 18 heavy (non-hydrogen) atoms. The van der Waals surface area contributed by atoms with Gasteiger partial charge in [-0.3, -0.25) is 0 Å². The van der Waals surface area contributed by atoms with Gasteiger partial charge in [-0.05, 0) is 31.0 Å². The zero-order valence-electron chi connectivity index (χ0n) is 10.1. The maximum atomic E-state index is 13.7. The average Bonchev–Trinajstić information content (AvgIpc) is 2.61. The normalized spacial score (nSPS) is 18.5. The highest BCUT2D eigenvalue weighted by Gasteiger charge is 2.27. The number of nitrogens with two attached hydrogens (primary N) is 1. The number of anilines is 1. The molecule has 0 atom stereocenters. The van der Waals surface area contributed by atoms with Gasteiger partial charge in [0.25, 0.3) is 0 Å². The fourth-order valence-corrected chi connectivity index (χ4v) is 3.76. The van der Waals surface area contributed by atoms with Gasteiger partial charge >= 0.3 is 0 Å². The van der Waals surface area contributed by atoms with Crippen molar-refractivity contribution in [1.29, 1.82) is 0 Å². The molecule has 100 valence electrons. The molecule has 1 aliphatic heterocycles. The van der Waals surface area contributed by atoms with Crippen LogP contribution in [0.1, 0.15) is 25.7 Å². The Kier molecular flexibility index (Phi) is 3.87. The lowest BCUT2D eigenvalue weighted by Crippen LogP contribution is -2.32. The van der Waals surface area contributed by atoms with Crippen LogP contribution >= 0.6 is 0 Å². The molecule has 1 saturated heterocycles. The molecule has 1 aromatic carbocycles. The van der Waals surface area contributed by atoms with E-state index in [-0.39, 0.29) is 10.6 Å². The minimum Gasteiger partial charge on any atom is -0.399 e. The maximum Gasteiger partial charge on any atom is 0.246 e. The lowest BCUT2D eigenvalue weighted by atomic mass is 10.2. The van der Waals surface area contributed by atoms with E-state index in [2.05, 4.69) is 0 Å². The van der Waals surface area contributed by atoms with Gasteiger partial charge in [-0.2, -0.15) is 4.31 Å². The molecule has 1 aliphatic rings. The van der Waals surface area contributed by atoms with Gasteiger partial charge in [0, 0.05) is 18.8 Å². The van der Waals surface area contributed by atoms with Gasteiger partial charge in [0.1, 0.15) is 10.7 Å². The summed E-state index contributed by atoms with van der Waals surface area (Å²) in [4.78, 5) is -0.315. The maximum absolute atomic E-state index is 13.7. The molecule has 0 aliphatic carbocycles. The van der Waals surface area contributed by atoms with Crippen LogP contribution in [0.15, 0.2) is 23.1 Å². The molecule has 1 fully saturated rings. The van der Waals surface area contributed by atoms with E-state index in [9.17, 15) is 12.8 Å². The molecule has 0 radical (unpaired) electrons. The van der Waals surface area contributed by atoms with Crippen molar-refractivity contribution in [2.45, 2.75) is 30.6 Å². The molecule has 2 rings (SSSR count). The fraction of sp³-hybridized carbons (Fsp3) is 0.500. The van der Waals surface area contributed by atoms with Crippen molar-refractivity contribution >= 4 is 15.7 Å². The monoisotopic (exact) mass is 272 g/mol. The van der Waals surface area contributed by atoms with Crippen LogP contribution in [0.5, 0.6) is 0 Å². The molecule has 0 bridgehead atoms. The van der Waals surface area contributed by atoms with Crippen LogP contribution in [-0.4, -0.2) is 25.8 Å². The van der Waals surface area contributed by atoms with Crippen molar-refractivity contribution in [2.75, 3.05) is 18.8 Å². The first kappa shape index (κ1) is 13.3. The van der Waals surface area contributed by atoms with E-state index in [1.165, 1.54) is 16.4 Å². The molecule has 6 heteroatoms. The van der Waals surface area contributed by atoms with Gasteiger partial charge in [0.15, 0.2) is 0 Å². The summed E-state index contributed by atoms with van der Waals surface area (Å²) in [6.45, 7) is 0.910. The number of hydrogen-bond donors (Lipinski definition) is 1. The number of nitrogens with zero attached hydrogens (tertiary/aromatic N) is 1. The number of rotatable bonds is 2. The summed E-state index contributed by atoms with van der Waals surface area (Å²) in [5.74, 6) is -0.742. The number of benzene rings is 1. The van der Waals surface area contributed by atoms with E-state index in [1.54, 1.807) is 0 Å². The Morgan fingerprint density at radius 2 is 1.72 bits per heavy atom. The van der Waals surface area contributed by atoms with Crippen LogP contribution in [0.2, 0.25) is 0 Å². The van der Waals surface area contributed by atoms with E-state index in [0.29, 0.717) is 13.1 Å². The first-order valence-corrected chi connectivity index (χ1v) is 7.51. The number of halogens is 1. The molecule has 0 amide bonds. The van der Waals surface area contributed by atoms with Gasteiger partial charge < -0.3 is 5.73 Å². The number of hydrogen-bond acceptors (Lipinski definition) is 3. The molecule has 0 unspecified atom stereocenters. The second-order valence-corrected chi connectivity index (χ2v) is 6.41. The Balaban J connectivity index is 2.37. The lowest BCUT2D eigenvalue weighted by Gasteiger charge is -2.20. The van der Waals surface area contributed by atoms with Crippen LogP contribution in [-0.2, 0) is 10.0 Å². The standard InChI is InChI=1S/C12H17FN2O2S/c13-11-6-5-10(14)9-12(11)18(16,17)15-7-3-1-2-4-8-15/h5-6,9H,1-4,7-8,14H2. The SMILES string of the molecule is Nc1ccc(F)c(S(=O)(=O)N2CCCCCC2)c1. The van der Waals surface area contributed by atoms with Crippen molar-refractivity contribution in [3.8, 4) is 0 Å². The lowest BCUT2D eigenvalue weighted by molar-refractivity contribution is 0.419. The van der Waals surface area contributed by atoms with E-state index < -0.39 is 15.8 Å². The molecule has 2 N–H and O–H groups in total. The predicted molar refractivity (Wildman–Crippen MR) is 68.0 cm³/mol. The van der Waals surface area contributed by atoms with Crippen LogP contribution in [0, 0.1) is 5.82 Å². The van der Waals surface area contributed by atoms with E-state index in [0.717, 1.165) is 31.7 Å². The minimum atomic E-state index is -3.76. The highest BCUT2D eigenvalue weighted by atomic mass is 32.2. The molecular formula is C12H17FN2O2S. The molecule has 0 aromatic heterocycles. The first-order chi connectivity index (χ1) is 8.51. The molecule has 1 aromatic rings. The van der Waals surface area contributed by atoms with Gasteiger partial charge in [0.2, 0.25) is 10.0 Å². The van der Waals surface area contributed by atoms with Crippen molar-refractivity contribution < 1.29 is 12.8 Å². The van der Waals surface area contributed by atoms with Gasteiger partial charge in [0.05, 0.1) is 0 Å². The minimum absolute atomic E-state index is 0.254. The third-order valence-corrected chi connectivity index (χ3v) is 5.05. The summed E-state index contributed by atoms with van der Waals surface area (Å²) in [6, 6.07) is 3.65. The van der Waals surface area contributed by atoms with Crippen LogP contribution in [0.4, 0.5) is 10.1 Å². The summed E-state index contributed by atoms with van der Waals surface area (Å²) in [6.07, 6.45) is 3.68. The summed E-state index contributed by atoms with van der Waals surface area (Å²) < 4.78 is 39.7. The van der Waals surface area contributed by atoms with Crippen molar-refractivity contribution in [2.24, 2.45) is 0 Å². The summed E-state index contributed by atoms with van der Waals surface area (Å²) in [5, 5.41) is 0. The van der Waals surface area contributed by atoms with Crippen LogP contribution < -0.4 is 5.73 Å². The topological polar surface area (TPSA) is 63.4 Å². The molecular weight excluding hydrogens is 255 g/mol. The molecule has 0 saturated carbocycles. The summed E-state index contributed by atoms with van der Waals surface area (Å²) in [7, 11) is -3.76. The largest absolute Gasteiger partial charge is 0.399 e. The first-order valence-electron chi connectivity index (χ1n) is 6.07. The summed E-state index contributed by atoms with van der Waals surface area (Å²) in [5.41, 5.74) is 5.79. The van der Waals surface area contributed by atoms with E-state index >= 15 is 0 Å². The van der Waals surface area contributed by atoms with E-state index in [1.807, 2.05) is 0 Å². The fourth-order valence-electron chi connectivity index (χ4n) is 2.14. The number of nitrogen functional groups attached to an aromatic ring is 1. The molecule has 0 spiro atoms. The Bertz CT molecular complexity index is 523. The van der Waals surface area contributed by atoms with Gasteiger partial charge in [-0.1, -0.05) is 12.8 Å². The van der Waals surface area contributed by atoms with Crippen molar-refractivity contribution in [3.05, 3.63) is 24.0 Å². The molecule has 1 heterocycles. The Labute approximate surface area is 107 Å².